The smallest absolute Gasteiger partial charge is 0.323 e. The molecule has 47 heavy (non-hydrogen) atoms. The average molecular weight is 636 g/mol. The van der Waals surface area contributed by atoms with Gasteiger partial charge in [-0.05, 0) is 44.1 Å². The van der Waals surface area contributed by atoms with Gasteiger partial charge in [0.15, 0.2) is 11.6 Å². The molecule has 2 amide bonds. The Bertz CT molecular complexity index is 1670. The predicted octanol–water partition coefficient (Wildman–Crippen LogP) is 3.70. The number of aliphatic hydroxyl groups is 1. The first-order valence-corrected chi connectivity index (χ1v) is 15.8. The minimum atomic E-state index is -0.321. The Balaban J connectivity index is 1.15. The molecule has 242 valence electrons. The van der Waals surface area contributed by atoms with Gasteiger partial charge < -0.3 is 25.4 Å². The lowest BCUT2D eigenvalue weighted by Crippen LogP contribution is -2.49. The molecule has 1 saturated heterocycles. The fourth-order valence-corrected chi connectivity index (χ4v) is 5.97. The lowest BCUT2D eigenvalue weighted by atomic mass is 9.90. The molecule has 14 heteroatoms. The van der Waals surface area contributed by atoms with Crippen LogP contribution >= 0.6 is 0 Å². The highest BCUT2D eigenvalue weighted by Gasteiger charge is 2.32. The van der Waals surface area contributed by atoms with Crippen LogP contribution in [0.2, 0.25) is 0 Å². The van der Waals surface area contributed by atoms with Crippen LogP contribution in [-0.4, -0.2) is 79.4 Å². The molecule has 1 saturated carbocycles. The molecule has 0 atom stereocenters. The van der Waals surface area contributed by atoms with E-state index in [2.05, 4.69) is 41.6 Å². The van der Waals surface area contributed by atoms with Gasteiger partial charge in [0, 0.05) is 49.7 Å². The monoisotopic (exact) mass is 635 g/mol. The Labute approximate surface area is 272 Å². The van der Waals surface area contributed by atoms with Gasteiger partial charge in [-0.25, -0.2) is 24.7 Å². The number of aromatic nitrogens is 6. The number of ether oxygens (including phenoxy) is 1. The molecular formula is C33H37N11O3. The highest BCUT2D eigenvalue weighted by Crippen LogP contribution is 2.30. The normalized spacial score (nSPS) is 18.2. The third-order valence-corrected chi connectivity index (χ3v) is 8.55. The van der Waals surface area contributed by atoms with Crippen LogP contribution in [0.5, 0.6) is 6.01 Å². The summed E-state index contributed by atoms with van der Waals surface area (Å²) in [5.74, 6) is 1.52. The summed E-state index contributed by atoms with van der Waals surface area (Å²) in [5.41, 5.74) is 2.68. The number of amides is 2. The molecule has 3 aromatic heterocycles. The lowest BCUT2D eigenvalue weighted by Gasteiger charge is -2.36. The van der Waals surface area contributed by atoms with Crippen LogP contribution in [0.1, 0.15) is 49.7 Å². The number of benzene rings is 1. The second-order valence-corrected chi connectivity index (χ2v) is 11.6. The van der Waals surface area contributed by atoms with Gasteiger partial charge in [-0.2, -0.15) is 10.2 Å². The SMILES string of the molecule is COc1ncc(-c2cnc(N(C(=O)NCc3ccccc3)[C@H]3CC[C@H](Nc4ncc(C#N)c(N5CCC(O)CC5)n4)CC3)cn2)cn1. The quantitative estimate of drug-likeness (QED) is 0.243. The van der Waals surface area contributed by atoms with Crippen LogP contribution in [0.25, 0.3) is 11.3 Å². The van der Waals surface area contributed by atoms with E-state index >= 15 is 0 Å². The lowest BCUT2D eigenvalue weighted by molar-refractivity contribution is 0.145. The number of methoxy groups -OCH3 is 1. The number of hydrogen-bond acceptors (Lipinski definition) is 12. The van der Waals surface area contributed by atoms with Crippen molar-refractivity contribution in [3.05, 3.63) is 72.4 Å². The van der Waals surface area contributed by atoms with Crippen LogP contribution in [-0.2, 0) is 6.54 Å². The molecule has 1 aliphatic heterocycles. The van der Waals surface area contributed by atoms with Crippen LogP contribution < -0.4 is 25.2 Å². The van der Waals surface area contributed by atoms with Crippen molar-refractivity contribution in [3.8, 4) is 23.3 Å². The summed E-state index contributed by atoms with van der Waals surface area (Å²) in [6, 6.07) is 12.0. The summed E-state index contributed by atoms with van der Waals surface area (Å²) >= 11 is 0. The van der Waals surface area contributed by atoms with E-state index in [9.17, 15) is 15.2 Å². The summed E-state index contributed by atoms with van der Waals surface area (Å²) in [7, 11) is 1.50. The molecule has 4 aromatic rings. The third kappa shape index (κ3) is 7.70. The predicted molar refractivity (Wildman–Crippen MR) is 175 cm³/mol. The summed E-state index contributed by atoms with van der Waals surface area (Å²) in [4.78, 5) is 44.1. The van der Waals surface area contributed by atoms with Gasteiger partial charge >= 0.3 is 12.0 Å². The van der Waals surface area contributed by atoms with Gasteiger partial charge in [-0.3, -0.25) is 9.88 Å². The number of rotatable bonds is 9. The zero-order valence-electron chi connectivity index (χ0n) is 26.2. The van der Waals surface area contributed by atoms with Gasteiger partial charge in [0.1, 0.15) is 11.6 Å². The van der Waals surface area contributed by atoms with Gasteiger partial charge in [0.05, 0.1) is 37.5 Å². The number of piperidine rings is 1. The number of nitrogens with zero attached hydrogens (tertiary/aromatic N) is 9. The molecule has 0 bridgehead atoms. The Morgan fingerprint density at radius 2 is 1.72 bits per heavy atom. The van der Waals surface area contributed by atoms with Gasteiger partial charge in [0.25, 0.3) is 0 Å². The first-order chi connectivity index (χ1) is 23.0. The molecular weight excluding hydrogens is 598 g/mol. The minimum Gasteiger partial charge on any atom is -0.467 e. The van der Waals surface area contributed by atoms with Crippen LogP contribution in [0.15, 0.2) is 61.3 Å². The van der Waals surface area contributed by atoms with E-state index < -0.39 is 0 Å². The van der Waals surface area contributed by atoms with Crippen molar-refractivity contribution in [2.24, 2.45) is 0 Å². The number of carbonyl (C=O) groups is 1. The first-order valence-electron chi connectivity index (χ1n) is 15.8. The Hall–Kier alpha value is -5.42. The standard InChI is InChI=1S/C33H37N11O3/c1-47-32-38-18-24(19-39-32)28-20-36-29(21-35-28)44(33(46)40-16-22-5-3-2-4-6-22)26-9-7-25(8-10-26)41-31-37-17-23(15-34)30(42-31)43-13-11-27(45)12-14-43/h2-6,17-21,25-27,45H,7-14,16H2,1H3,(H,40,46)(H,37,41,42)/t25-,26-. The summed E-state index contributed by atoms with van der Waals surface area (Å²) < 4.78 is 5.05. The number of aliphatic hydroxyl groups excluding tert-OH is 1. The van der Waals surface area contributed by atoms with E-state index in [0.717, 1.165) is 31.2 Å². The van der Waals surface area contributed by atoms with Crippen molar-refractivity contribution in [2.75, 3.05) is 35.3 Å². The van der Waals surface area contributed by atoms with Crippen molar-refractivity contribution in [2.45, 2.75) is 63.3 Å². The fourth-order valence-electron chi connectivity index (χ4n) is 5.97. The van der Waals surface area contributed by atoms with Crippen LogP contribution in [0, 0.1) is 11.3 Å². The summed E-state index contributed by atoms with van der Waals surface area (Å²) in [6.07, 6.45) is 12.0. The molecule has 2 fully saturated rings. The van der Waals surface area contributed by atoms with Crippen LogP contribution in [0.4, 0.5) is 22.4 Å². The number of nitriles is 1. The molecule has 6 rings (SSSR count). The van der Waals surface area contributed by atoms with E-state index in [0.29, 0.717) is 66.9 Å². The maximum Gasteiger partial charge on any atom is 0.323 e. The van der Waals surface area contributed by atoms with E-state index in [1.54, 1.807) is 35.9 Å². The van der Waals surface area contributed by atoms with E-state index in [1.807, 2.05) is 35.2 Å². The molecule has 4 heterocycles. The zero-order chi connectivity index (χ0) is 32.6. The van der Waals surface area contributed by atoms with Gasteiger partial charge in [-0.15, -0.1) is 0 Å². The molecule has 1 aliphatic carbocycles. The zero-order valence-corrected chi connectivity index (χ0v) is 26.2. The van der Waals surface area contributed by atoms with Gasteiger partial charge in [-0.1, -0.05) is 30.3 Å². The second-order valence-electron chi connectivity index (χ2n) is 11.6. The Kier molecular flexibility index (Phi) is 9.93. The van der Waals surface area contributed by atoms with Crippen LogP contribution in [0.3, 0.4) is 0 Å². The number of urea groups is 1. The highest BCUT2D eigenvalue weighted by molar-refractivity contribution is 5.91. The van der Waals surface area contributed by atoms with E-state index in [4.69, 9.17) is 9.72 Å². The molecule has 3 N–H and O–H groups in total. The molecule has 0 radical (unpaired) electrons. The van der Waals surface area contributed by atoms with Crippen molar-refractivity contribution in [1.29, 1.82) is 5.26 Å². The number of carbonyl (C=O) groups excluding carboxylic acids is 1. The average Bonchev–Trinajstić information content (AvgIpc) is 3.13. The second kappa shape index (κ2) is 14.8. The first kappa shape index (κ1) is 31.6. The Morgan fingerprint density at radius 3 is 2.38 bits per heavy atom. The molecule has 1 aromatic carbocycles. The highest BCUT2D eigenvalue weighted by atomic mass is 16.5. The Morgan fingerprint density at radius 1 is 0.979 bits per heavy atom. The molecule has 2 aliphatic rings. The van der Waals surface area contributed by atoms with Crippen molar-refractivity contribution >= 4 is 23.6 Å². The number of nitrogens with one attached hydrogen (secondary N) is 2. The van der Waals surface area contributed by atoms with Crippen molar-refractivity contribution in [1.82, 2.24) is 35.2 Å². The van der Waals surface area contributed by atoms with Crippen molar-refractivity contribution < 1.29 is 14.6 Å². The topological polar surface area (TPSA) is 178 Å². The third-order valence-electron chi connectivity index (χ3n) is 8.55. The summed E-state index contributed by atoms with van der Waals surface area (Å²) in [5, 5.41) is 26.1. The maximum atomic E-state index is 13.7. The van der Waals surface area contributed by atoms with Crippen molar-refractivity contribution in [3.63, 3.8) is 0 Å². The minimum absolute atomic E-state index is 0.0907. The largest absolute Gasteiger partial charge is 0.467 e. The van der Waals surface area contributed by atoms with Gasteiger partial charge in [0.2, 0.25) is 5.95 Å². The maximum absolute atomic E-state index is 13.7. The number of hydrogen-bond donors (Lipinski definition) is 3. The fraction of sp³-hybridized carbons (Fsp3) is 0.394. The number of anilines is 3. The molecule has 0 unspecified atom stereocenters. The van der Waals surface area contributed by atoms with E-state index in [1.165, 1.54) is 7.11 Å². The summed E-state index contributed by atoms with van der Waals surface area (Å²) in [6.45, 7) is 1.66. The van der Waals surface area contributed by atoms with E-state index in [-0.39, 0.29) is 30.2 Å². The molecule has 14 nitrogen and oxygen atoms in total. The molecule has 0 spiro atoms.